The fourth-order valence-electron chi connectivity index (χ4n) is 1.85. The van der Waals surface area contributed by atoms with Crippen LogP contribution in [-0.4, -0.2) is 13.7 Å². The first-order valence-electron chi connectivity index (χ1n) is 7.01. The summed E-state index contributed by atoms with van der Waals surface area (Å²) in [7, 11) is 1.65. The highest BCUT2D eigenvalue weighted by molar-refractivity contribution is 5.56. The Kier molecular flexibility index (Phi) is 5.32. The summed E-state index contributed by atoms with van der Waals surface area (Å²) in [5, 5.41) is 0. The van der Waals surface area contributed by atoms with Crippen LogP contribution in [0.3, 0.4) is 0 Å². The van der Waals surface area contributed by atoms with Crippen molar-refractivity contribution in [2.45, 2.75) is 20.0 Å². The van der Waals surface area contributed by atoms with Crippen LogP contribution in [0, 0.1) is 0 Å². The summed E-state index contributed by atoms with van der Waals surface area (Å²) in [4.78, 5) is 0. The van der Waals surface area contributed by atoms with Gasteiger partial charge in [0.1, 0.15) is 23.9 Å². The largest absolute Gasteiger partial charge is 0.497 e. The van der Waals surface area contributed by atoms with Crippen molar-refractivity contribution in [3.63, 3.8) is 0 Å². The third-order valence-corrected chi connectivity index (χ3v) is 3.01. The van der Waals surface area contributed by atoms with Gasteiger partial charge >= 0.3 is 0 Å². The molecule has 0 aliphatic carbocycles. The van der Waals surface area contributed by atoms with E-state index in [0.717, 1.165) is 23.5 Å². The molecular formula is C17H21NO3. The minimum absolute atomic E-state index is 0.485. The maximum absolute atomic E-state index is 5.95. The molecule has 0 aliphatic rings. The number of nitrogens with two attached hydrogens (primary N) is 1. The highest BCUT2D eigenvalue weighted by Crippen LogP contribution is 2.27. The zero-order valence-electron chi connectivity index (χ0n) is 12.5. The molecule has 0 unspecified atom stereocenters. The molecule has 2 N–H and O–H groups in total. The average molecular weight is 287 g/mol. The lowest BCUT2D eigenvalue weighted by Gasteiger charge is -2.11. The van der Waals surface area contributed by atoms with Gasteiger partial charge in [0.05, 0.1) is 19.4 Å². The normalized spacial score (nSPS) is 10.2. The highest BCUT2D eigenvalue weighted by atomic mass is 16.5. The van der Waals surface area contributed by atoms with Crippen molar-refractivity contribution in [3.8, 4) is 17.2 Å². The molecule has 4 nitrogen and oxygen atoms in total. The predicted molar refractivity (Wildman–Crippen MR) is 84.0 cm³/mol. The number of benzene rings is 2. The first kappa shape index (κ1) is 15.0. The molecule has 4 heteroatoms. The van der Waals surface area contributed by atoms with Gasteiger partial charge in [-0.15, -0.1) is 0 Å². The van der Waals surface area contributed by atoms with Gasteiger partial charge in [0, 0.05) is 6.07 Å². The second-order valence-electron chi connectivity index (χ2n) is 4.68. The van der Waals surface area contributed by atoms with E-state index in [9.17, 15) is 0 Å². The Labute approximate surface area is 125 Å². The fraction of sp³-hybridized carbons (Fsp3) is 0.294. The summed E-state index contributed by atoms with van der Waals surface area (Å²) in [6.45, 7) is 3.21. The monoisotopic (exact) mass is 287 g/mol. The molecule has 2 rings (SSSR count). The quantitative estimate of drug-likeness (QED) is 0.790. The summed E-state index contributed by atoms with van der Waals surface area (Å²) >= 11 is 0. The molecule has 0 saturated carbocycles. The van der Waals surface area contributed by atoms with Crippen molar-refractivity contribution in [3.05, 3.63) is 48.0 Å². The van der Waals surface area contributed by atoms with Gasteiger partial charge in [-0.3, -0.25) is 0 Å². The standard InChI is InChI=1S/C17H21NO3/c1-3-10-20-17-9-8-15(11-16(17)18)21-12-13-4-6-14(19-2)7-5-13/h4-9,11H,3,10,12,18H2,1-2H3. The summed E-state index contributed by atoms with van der Waals surface area (Å²) in [6.07, 6.45) is 0.954. The van der Waals surface area contributed by atoms with Gasteiger partial charge in [-0.05, 0) is 36.2 Å². The summed E-state index contributed by atoms with van der Waals surface area (Å²) in [5.74, 6) is 2.27. The molecule has 0 radical (unpaired) electrons. The molecule has 0 bridgehead atoms. The molecule has 21 heavy (non-hydrogen) atoms. The lowest BCUT2D eigenvalue weighted by molar-refractivity contribution is 0.302. The minimum atomic E-state index is 0.485. The number of ether oxygens (including phenoxy) is 3. The van der Waals surface area contributed by atoms with Crippen LogP contribution in [0.2, 0.25) is 0 Å². The van der Waals surface area contributed by atoms with Crippen LogP contribution in [-0.2, 0) is 6.61 Å². The van der Waals surface area contributed by atoms with Crippen molar-refractivity contribution < 1.29 is 14.2 Å². The van der Waals surface area contributed by atoms with E-state index in [-0.39, 0.29) is 0 Å². The molecule has 0 atom stereocenters. The van der Waals surface area contributed by atoms with Crippen LogP contribution in [0.5, 0.6) is 17.2 Å². The number of hydrogen-bond donors (Lipinski definition) is 1. The molecule has 2 aromatic rings. The second kappa shape index (κ2) is 7.43. The maximum atomic E-state index is 5.95. The second-order valence-corrected chi connectivity index (χ2v) is 4.68. The zero-order chi connectivity index (χ0) is 15.1. The number of anilines is 1. The van der Waals surface area contributed by atoms with Gasteiger partial charge < -0.3 is 19.9 Å². The predicted octanol–water partition coefficient (Wildman–Crippen LogP) is 3.65. The molecule has 2 aromatic carbocycles. The van der Waals surface area contributed by atoms with Crippen LogP contribution in [0.15, 0.2) is 42.5 Å². The van der Waals surface area contributed by atoms with Crippen LogP contribution in [0.4, 0.5) is 5.69 Å². The van der Waals surface area contributed by atoms with E-state index < -0.39 is 0 Å². The van der Waals surface area contributed by atoms with Crippen molar-refractivity contribution in [2.24, 2.45) is 0 Å². The Morgan fingerprint density at radius 2 is 1.67 bits per heavy atom. The van der Waals surface area contributed by atoms with E-state index in [1.165, 1.54) is 0 Å². The van der Waals surface area contributed by atoms with Crippen LogP contribution in [0.1, 0.15) is 18.9 Å². The van der Waals surface area contributed by atoms with Gasteiger partial charge in [-0.1, -0.05) is 19.1 Å². The Balaban J connectivity index is 1.94. The summed E-state index contributed by atoms with van der Waals surface area (Å²) < 4.78 is 16.4. The first-order valence-corrected chi connectivity index (χ1v) is 7.01. The lowest BCUT2D eigenvalue weighted by Crippen LogP contribution is -2.00. The average Bonchev–Trinajstić information content (AvgIpc) is 2.52. The van der Waals surface area contributed by atoms with Crippen molar-refractivity contribution >= 4 is 5.69 Å². The van der Waals surface area contributed by atoms with E-state index in [0.29, 0.717) is 24.7 Å². The number of nitrogen functional groups attached to an aromatic ring is 1. The molecule has 0 heterocycles. The molecule has 0 spiro atoms. The van der Waals surface area contributed by atoms with Crippen LogP contribution >= 0.6 is 0 Å². The maximum Gasteiger partial charge on any atom is 0.142 e. The first-order chi connectivity index (χ1) is 10.2. The van der Waals surface area contributed by atoms with E-state index >= 15 is 0 Å². The topological polar surface area (TPSA) is 53.7 Å². The van der Waals surface area contributed by atoms with E-state index in [2.05, 4.69) is 6.92 Å². The van der Waals surface area contributed by atoms with Gasteiger partial charge in [-0.2, -0.15) is 0 Å². The Bertz CT molecular complexity index is 567. The van der Waals surface area contributed by atoms with Crippen molar-refractivity contribution in [2.75, 3.05) is 19.5 Å². The third kappa shape index (κ3) is 4.31. The number of hydrogen-bond acceptors (Lipinski definition) is 4. The highest BCUT2D eigenvalue weighted by Gasteiger charge is 2.03. The molecule has 0 aromatic heterocycles. The van der Waals surface area contributed by atoms with Gasteiger partial charge in [0.15, 0.2) is 0 Å². The smallest absolute Gasteiger partial charge is 0.142 e. The van der Waals surface area contributed by atoms with E-state index in [1.54, 1.807) is 13.2 Å². The SMILES string of the molecule is CCCOc1ccc(OCc2ccc(OC)cc2)cc1N. The summed E-state index contributed by atoms with van der Waals surface area (Å²) in [6, 6.07) is 13.3. The molecule has 0 saturated heterocycles. The summed E-state index contributed by atoms with van der Waals surface area (Å²) in [5.41, 5.74) is 7.61. The minimum Gasteiger partial charge on any atom is -0.497 e. The lowest BCUT2D eigenvalue weighted by atomic mass is 10.2. The van der Waals surface area contributed by atoms with Gasteiger partial charge in [0.25, 0.3) is 0 Å². The Morgan fingerprint density at radius 1 is 0.952 bits per heavy atom. The van der Waals surface area contributed by atoms with Crippen molar-refractivity contribution in [1.29, 1.82) is 0 Å². The molecule has 112 valence electrons. The number of methoxy groups -OCH3 is 1. The van der Waals surface area contributed by atoms with E-state index in [4.69, 9.17) is 19.9 Å². The molecular weight excluding hydrogens is 266 g/mol. The Morgan fingerprint density at radius 3 is 2.29 bits per heavy atom. The third-order valence-electron chi connectivity index (χ3n) is 3.01. The molecule has 0 amide bonds. The molecule has 0 fully saturated rings. The fourth-order valence-corrected chi connectivity index (χ4v) is 1.85. The van der Waals surface area contributed by atoms with Gasteiger partial charge in [0.2, 0.25) is 0 Å². The van der Waals surface area contributed by atoms with Crippen molar-refractivity contribution in [1.82, 2.24) is 0 Å². The zero-order valence-corrected chi connectivity index (χ0v) is 12.5. The molecule has 0 aliphatic heterocycles. The van der Waals surface area contributed by atoms with Crippen LogP contribution < -0.4 is 19.9 Å². The van der Waals surface area contributed by atoms with Gasteiger partial charge in [-0.25, -0.2) is 0 Å². The van der Waals surface area contributed by atoms with E-state index in [1.807, 2.05) is 36.4 Å². The Hall–Kier alpha value is -2.36. The van der Waals surface area contributed by atoms with Crippen LogP contribution in [0.25, 0.3) is 0 Å². The number of rotatable bonds is 7.